The molecule has 0 atom stereocenters. The van der Waals surface area contributed by atoms with Gasteiger partial charge < -0.3 is 4.42 Å². The van der Waals surface area contributed by atoms with Gasteiger partial charge in [0.15, 0.2) is 0 Å². The zero-order valence-electron chi connectivity index (χ0n) is 26.6. The van der Waals surface area contributed by atoms with Crippen molar-refractivity contribution in [2.24, 2.45) is 0 Å². The highest BCUT2D eigenvalue weighted by Gasteiger charge is 2.19. The van der Waals surface area contributed by atoms with Crippen molar-refractivity contribution in [1.29, 1.82) is 0 Å². The second-order valence-electron chi connectivity index (χ2n) is 13.2. The molecule has 10 aromatic carbocycles. The summed E-state index contributed by atoms with van der Waals surface area (Å²) < 4.78 is 6.60. The summed E-state index contributed by atoms with van der Waals surface area (Å²) in [4.78, 5) is 0. The van der Waals surface area contributed by atoms with Crippen molar-refractivity contribution in [3.63, 3.8) is 0 Å². The van der Waals surface area contributed by atoms with Crippen LogP contribution in [-0.2, 0) is 0 Å². The highest BCUT2D eigenvalue weighted by Crippen LogP contribution is 2.46. The standard InChI is InChI=1S/C48H28O/c1-2-12-30-25-31(22-21-29(30)11-1)47-37-17-7-9-19-39(37)48(40-20-10-8-18-38(40)47)32-23-24-45-43(26-32)44-27-41-35-15-5-3-13-33(35)34-14-4-6-16-36(34)42(41)28-46(44)49-45/h1-28H. The zero-order chi connectivity index (χ0) is 32.1. The highest BCUT2D eigenvalue weighted by atomic mass is 16.3. The van der Waals surface area contributed by atoms with Gasteiger partial charge in [-0.2, -0.15) is 0 Å². The van der Waals surface area contributed by atoms with E-state index in [1.54, 1.807) is 0 Å². The number of benzene rings is 10. The van der Waals surface area contributed by atoms with Gasteiger partial charge in [0, 0.05) is 10.8 Å². The third-order valence-electron chi connectivity index (χ3n) is 10.6. The van der Waals surface area contributed by atoms with Crippen molar-refractivity contribution < 1.29 is 4.42 Å². The summed E-state index contributed by atoms with van der Waals surface area (Å²) in [5.41, 5.74) is 6.78. The van der Waals surface area contributed by atoms with Gasteiger partial charge in [-0.1, -0.05) is 140 Å². The van der Waals surface area contributed by atoms with E-state index in [2.05, 4.69) is 170 Å². The molecular weight excluding hydrogens is 593 g/mol. The molecule has 0 aliphatic heterocycles. The summed E-state index contributed by atoms with van der Waals surface area (Å²) in [5, 5.41) is 17.4. The second-order valence-corrected chi connectivity index (χ2v) is 13.2. The fraction of sp³-hybridized carbons (Fsp3) is 0. The Hall–Kier alpha value is -6.44. The van der Waals surface area contributed by atoms with Gasteiger partial charge in [0.2, 0.25) is 0 Å². The van der Waals surface area contributed by atoms with Crippen LogP contribution >= 0.6 is 0 Å². The fourth-order valence-electron chi connectivity index (χ4n) is 8.42. The van der Waals surface area contributed by atoms with Gasteiger partial charge >= 0.3 is 0 Å². The quantitative estimate of drug-likeness (QED) is 0.138. The second kappa shape index (κ2) is 10.0. The molecule has 226 valence electrons. The van der Waals surface area contributed by atoms with Gasteiger partial charge in [-0.25, -0.2) is 0 Å². The molecule has 0 aliphatic rings. The van der Waals surface area contributed by atoms with Crippen molar-refractivity contribution in [2.75, 3.05) is 0 Å². The van der Waals surface area contributed by atoms with Crippen molar-refractivity contribution in [1.82, 2.24) is 0 Å². The Balaban J connectivity index is 1.21. The van der Waals surface area contributed by atoms with Gasteiger partial charge in [0.05, 0.1) is 0 Å². The Morgan fingerprint density at radius 2 is 0.673 bits per heavy atom. The van der Waals surface area contributed by atoms with Gasteiger partial charge in [0.25, 0.3) is 0 Å². The van der Waals surface area contributed by atoms with Crippen molar-refractivity contribution >= 4 is 86.6 Å². The molecule has 1 aromatic heterocycles. The van der Waals surface area contributed by atoms with Crippen LogP contribution in [0.1, 0.15) is 0 Å². The van der Waals surface area contributed by atoms with E-state index in [-0.39, 0.29) is 0 Å². The average molecular weight is 621 g/mol. The summed E-state index contributed by atoms with van der Waals surface area (Å²) in [6.45, 7) is 0. The van der Waals surface area contributed by atoms with E-state index in [0.717, 1.165) is 21.9 Å². The van der Waals surface area contributed by atoms with Crippen LogP contribution in [0.4, 0.5) is 0 Å². The van der Waals surface area contributed by atoms with E-state index in [0.29, 0.717) is 0 Å². The number of rotatable bonds is 2. The van der Waals surface area contributed by atoms with E-state index in [4.69, 9.17) is 4.42 Å². The van der Waals surface area contributed by atoms with Crippen LogP contribution in [0.3, 0.4) is 0 Å². The Morgan fingerprint density at radius 1 is 0.245 bits per heavy atom. The summed E-state index contributed by atoms with van der Waals surface area (Å²) in [7, 11) is 0. The molecule has 0 spiro atoms. The lowest BCUT2D eigenvalue weighted by Gasteiger charge is -2.18. The minimum atomic E-state index is 0.907. The number of hydrogen-bond acceptors (Lipinski definition) is 1. The number of fused-ring (bicyclic) bond motifs is 12. The lowest BCUT2D eigenvalue weighted by atomic mass is 9.85. The summed E-state index contributed by atoms with van der Waals surface area (Å²) in [5.74, 6) is 0. The molecule has 1 heteroatoms. The summed E-state index contributed by atoms with van der Waals surface area (Å²) in [6, 6.07) is 62.1. The number of hydrogen-bond donors (Lipinski definition) is 0. The molecule has 0 N–H and O–H groups in total. The Bertz CT molecular complexity index is 3100. The summed E-state index contributed by atoms with van der Waals surface area (Å²) in [6.07, 6.45) is 0. The van der Waals surface area contributed by atoms with Crippen LogP contribution < -0.4 is 0 Å². The molecule has 0 bridgehead atoms. The molecule has 0 radical (unpaired) electrons. The molecular formula is C48H28O. The van der Waals surface area contributed by atoms with Crippen LogP contribution in [0, 0.1) is 0 Å². The molecule has 11 aromatic rings. The van der Waals surface area contributed by atoms with Crippen LogP contribution in [-0.4, -0.2) is 0 Å². The fourth-order valence-corrected chi connectivity index (χ4v) is 8.42. The van der Waals surface area contributed by atoms with E-state index >= 15 is 0 Å². The highest BCUT2D eigenvalue weighted by molar-refractivity contribution is 6.28. The van der Waals surface area contributed by atoms with Crippen LogP contribution in [0.15, 0.2) is 174 Å². The third-order valence-corrected chi connectivity index (χ3v) is 10.6. The first-order valence-electron chi connectivity index (χ1n) is 16.9. The Labute approximate surface area is 282 Å². The summed E-state index contributed by atoms with van der Waals surface area (Å²) >= 11 is 0. The molecule has 1 nitrogen and oxygen atoms in total. The molecule has 0 saturated carbocycles. The monoisotopic (exact) mass is 620 g/mol. The Kier molecular flexibility index (Phi) is 5.45. The molecule has 0 aliphatic carbocycles. The molecule has 0 fully saturated rings. The predicted molar refractivity (Wildman–Crippen MR) is 210 cm³/mol. The van der Waals surface area contributed by atoms with E-state index < -0.39 is 0 Å². The van der Waals surface area contributed by atoms with Gasteiger partial charge in [-0.05, 0) is 117 Å². The van der Waals surface area contributed by atoms with Crippen molar-refractivity contribution in [2.45, 2.75) is 0 Å². The van der Waals surface area contributed by atoms with Crippen molar-refractivity contribution in [3.8, 4) is 22.3 Å². The maximum atomic E-state index is 6.60. The minimum Gasteiger partial charge on any atom is -0.456 e. The lowest BCUT2D eigenvalue weighted by molar-refractivity contribution is 0.669. The smallest absolute Gasteiger partial charge is 0.136 e. The zero-order valence-corrected chi connectivity index (χ0v) is 26.6. The number of furan rings is 1. The molecule has 0 unspecified atom stereocenters. The van der Waals surface area contributed by atoms with Gasteiger partial charge in [-0.3, -0.25) is 0 Å². The third kappa shape index (κ3) is 3.82. The first-order valence-corrected chi connectivity index (χ1v) is 16.9. The first kappa shape index (κ1) is 26.6. The lowest BCUT2D eigenvalue weighted by Crippen LogP contribution is -1.91. The SMILES string of the molecule is c1ccc2cc(-c3c4ccccc4c(-c4ccc5oc6cc7c8ccccc8c8ccccc8c7cc6c5c4)c4ccccc34)ccc2c1. The van der Waals surface area contributed by atoms with Gasteiger partial charge in [0.1, 0.15) is 11.2 Å². The largest absolute Gasteiger partial charge is 0.456 e. The predicted octanol–water partition coefficient (Wildman–Crippen LogP) is 13.8. The topological polar surface area (TPSA) is 13.1 Å². The molecule has 49 heavy (non-hydrogen) atoms. The average Bonchev–Trinajstić information content (AvgIpc) is 3.53. The van der Waals surface area contributed by atoms with E-state index in [1.165, 1.54) is 86.9 Å². The van der Waals surface area contributed by atoms with Crippen LogP contribution in [0.5, 0.6) is 0 Å². The molecule has 0 amide bonds. The molecule has 11 rings (SSSR count). The Morgan fingerprint density at radius 3 is 1.27 bits per heavy atom. The van der Waals surface area contributed by atoms with Crippen LogP contribution in [0.2, 0.25) is 0 Å². The molecule has 1 heterocycles. The maximum Gasteiger partial charge on any atom is 0.136 e. The van der Waals surface area contributed by atoms with Gasteiger partial charge in [-0.15, -0.1) is 0 Å². The molecule has 0 saturated heterocycles. The van der Waals surface area contributed by atoms with Crippen LogP contribution in [0.25, 0.3) is 109 Å². The first-order chi connectivity index (χ1) is 24.3. The minimum absolute atomic E-state index is 0.907. The van der Waals surface area contributed by atoms with Crippen molar-refractivity contribution in [3.05, 3.63) is 170 Å². The normalized spacial score (nSPS) is 12.1. The maximum absolute atomic E-state index is 6.60. The van der Waals surface area contributed by atoms with E-state index in [9.17, 15) is 0 Å². The van der Waals surface area contributed by atoms with E-state index in [1.807, 2.05) is 0 Å².